The molecule has 2 aromatic rings. The predicted octanol–water partition coefficient (Wildman–Crippen LogP) is 2.30. The molecule has 0 saturated heterocycles. The molecule has 0 aromatic heterocycles. The number of benzene rings is 2. The SMILES string of the molecule is Nc1ccccc1OCCOCOCCOc1ccccc1N. The minimum absolute atomic E-state index is 0.182. The van der Waals surface area contributed by atoms with Gasteiger partial charge in [0.05, 0.1) is 24.6 Å². The molecule has 0 heterocycles. The molecule has 0 saturated carbocycles. The Morgan fingerprint density at radius 2 is 1.04 bits per heavy atom. The number of para-hydroxylation sites is 4. The van der Waals surface area contributed by atoms with E-state index < -0.39 is 0 Å². The molecule has 0 amide bonds. The van der Waals surface area contributed by atoms with Gasteiger partial charge in [-0.1, -0.05) is 24.3 Å². The van der Waals surface area contributed by atoms with E-state index in [4.69, 9.17) is 30.4 Å². The highest BCUT2D eigenvalue weighted by Crippen LogP contribution is 2.20. The van der Waals surface area contributed by atoms with E-state index in [0.29, 0.717) is 49.3 Å². The van der Waals surface area contributed by atoms with Crippen molar-refractivity contribution in [3.05, 3.63) is 48.5 Å². The fourth-order valence-corrected chi connectivity index (χ4v) is 1.82. The van der Waals surface area contributed by atoms with Crippen LogP contribution >= 0.6 is 0 Å². The molecule has 0 atom stereocenters. The average Bonchev–Trinajstić information content (AvgIpc) is 2.56. The van der Waals surface area contributed by atoms with E-state index >= 15 is 0 Å². The molecule has 0 aliphatic heterocycles. The lowest BCUT2D eigenvalue weighted by Crippen LogP contribution is -2.13. The zero-order chi connectivity index (χ0) is 16.3. The van der Waals surface area contributed by atoms with Gasteiger partial charge in [-0.25, -0.2) is 0 Å². The van der Waals surface area contributed by atoms with Gasteiger partial charge >= 0.3 is 0 Å². The summed E-state index contributed by atoms with van der Waals surface area (Å²) in [6.45, 7) is 1.84. The predicted molar refractivity (Wildman–Crippen MR) is 89.5 cm³/mol. The van der Waals surface area contributed by atoms with Crippen LogP contribution in [0.2, 0.25) is 0 Å². The van der Waals surface area contributed by atoms with Crippen molar-refractivity contribution < 1.29 is 18.9 Å². The fraction of sp³-hybridized carbons (Fsp3) is 0.294. The first-order valence-electron chi connectivity index (χ1n) is 7.37. The van der Waals surface area contributed by atoms with Crippen LogP contribution in [-0.4, -0.2) is 33.2 Å². The van der Waals surface area contributed by atoms with Crippen molar-refractivity contribution >= 4 is 11.4 Å². The highest BCUT2D eigenvalue weighted by molar-refractivity contribution is 5.52. The number of nitrogens with two attached hydrogens (primary N) is 2. The Bertz CT molecular complexity index is 541. The number of anilines is 2. The van der Waals surface area contributed by atoms with Crippen LogP contribution in [0, 0.1) is 0 Å². The molecule has 23 heavy (non-hydrogen) atoms. The summed E-state index contributed by atoms with van der Waals surface area (Å²) in [5.41, 5.74) is 12.7. The van der Waals surface area contributed by atoms with Gasteiger partial charge in [-0.05, 0) is 24.3 Å². The Kier molecular flexibility index (Phi) is 7.03. The van der Waals surface area contributed by atoms with Crippen LogP contribution in [-0.2, 0) is 9.47 Å². The third-order valence-corrected chi connectivity index (χ3v) is 2.98. The summed E-state index contributed by atoms with van der Waals surface area (Å²) in [4.78, 5) is 0. The lowest BCUT2D eigenvalue weighted by Gasteiger charge is -2.10. The molecular formula is C17H22N2O4. The average molecular weight is 318 g/mol. The highest BCUT2D eigenvalue weighted by Gasteiger charge is 1.99. The smallest absolute Gasteiger partial charge is 0.147 e. The van der Waals surface area contributed by atoms with Crippen LogP contribution in [0.4, 0.5) is 11.4 Å². The Morgan fingerprint density at radius 1 is 0.609 bits per heavy atom. The maximum absolute atomic E-state index is 5.76. The van der Waals surface area contributed by atoms with Crippen LogP contribution < -0.4 is 20.9 Å². The molecule has 0 fully saturated rings. The van der Waals surface area contributed by atoms with Crippen molar-refractivity contribution in [2.24, 2.45) is 0 Å². The lowest BCUT2D eigenvalue weighted by atomic mass is 10.3. The first-order chi connectivity index (χ1) is 11.3. The topological polar surface area (TPSA) is 89.0 Å². The number of hydrogen-bond acceptors (Lipinski definition) is 6. The third kappa shape index (κ3) is 6.06. The Labute approximate surface area is 135 Å². The van der Waals surface area contributed by atoms with Gasteiger partial charge in [0.25, 0.3) is 0 Å². The van der Waals surface area contributed by atoms with E-state index in [-0.39, 0.29) is 6.79 Å². The standard InChI is InChI=1S/C17H22N2O4/c18-14-5-1-3-7-16(14)22-11-9-20-13-21-10-12-23-17-8-4-2-6-15(17)19/h1-8H,9-13,18-19H2. The molecule has 6 heteroatoms. The van der Waals surface area contributed by atoms with E-state index in [1.807, 2.05) is 36.4 Å². The zero-order valence-corrected chi connectivity index (χ0v) is 12.9. The molecule has 0 spiro atoms. The van der Waals surface area contributed by atoms with Gasteiger partial charge in [0, 0.05) is 0 Å². The monoisotopic (exact) mass is 318 g/mol. The molecule has 6 nitrogen and oxygen atoms in total. The van der Waals surface area contributed by atoms with Crippen LogP contribution in [0.1, 0.15) is 0 Å². The molecule has 0 aliphatic rings. The van der Waals surface area contributed by atoms with Gasteiger partial charge in [-0.15, -0.1) is 0 Å². The third-order valence-electron chi connectivity index (χ3n) is 2.98. The molecule has 4 N–H and O–H groups in total. The molecule has 2 rings (SSSR count). The highest BCUT2D eigenvalue weighted by atomic mass is 16.7. The Morgan fingerprint density at radius 3 is 1.48 bits per heavy atom. The minimum atomic E-state index is 0.182. The van der Waals surface area contributed by atoms with Crippen LogP contribution in [0.25, 0.3) is 0 Å². The number of ether oxygens (including phenoxy) is 4. The second-order valence-electron chi connectivity index (χ2n) is 4.71. The molecule has 0 unspecified atom stereocenters. The first kappa shape index (κ1) is 16.9. The van der Waals surface area contributed by atoms with Gasteiger partial charge in [-0.2, -0.15) is 0 Å². The van der Waals surface area contributed by atoms with Crippen LogP contribution in [0.15, 0.2) is 48.5 Å². The van der Waals surface area contributed by atoms with E-state index in [1.54, 1.807) is 12.1 Å². The largest absolute Gasteiger partial charge is 0.489 e. The maximum atomic E-state index is 5.76. The van der Waals surface area contributed by atoms with Gasteiger partial charge in [0.15, 0.2) is 0 Å². The molecule has 0 bridgehead atoms. The first-order valence-corrected chi connectivity index (χ1v) is 7.37. The molecule has 0 aliphatic carbocycles. The zero-order valence-electron chi connectivity index (χ0n) is 12.9. The van der Waals surface area contributed by atoms with Crippen LogP contribution in [0.5, 0.6) is 11.5 Å². The van der Waals surface area contributed by atoms with Crippen molar-refractivity contribution in [1.29, 1.82) is 0 Å². The van der Waals surface area contributed by atoms with Crippen molar-refractivity contribution in [3.8, 4) is 11.5 Å². The van der Waals surface area contributed by atoms with Crippen LogP contribution in [0.3, 0.4) is 0 Å². The minimum Gasteiger partial charge on any atom is -0.489 e. The van der Waals surface area contributed by atoms with E-state index in [9.17, 15) is 0 Å². The van der Waals surface area contributed by atoms with E-state index in [0.717, 1.165) is 0 Å². The normalized spacial score (nSPS) is 10.4. The molecule has 2 aromatic carbocycles. The summed E-state index contributed by atoms with van der Waals surface area (Å²) < 4.78 is 21.6. The molecular weight excluding hydrogens is 296 g/mol. The van der Waals surface area contributed by atoms with Crippen molar-refractivity contribution in [2.45, 2.75) is 0 Å². The second-order valence-corrected chi connectivity index (χ2v) is 4.71. The summed E-state index contributed by atoms with van der Waals surface area (Å²) >= 11 is 0. The van der Waals surface area contributed by atoms with Crippen molar-refractivity contribution in [1.82, 2.24) is 0 Å². The van der Waals surface area contributed by atoms with E-state index in [1.165, 1.54) is 0 Å². The van der Waals surface area contributed by atoms with Crippen molar-refractivity contribution in [3.63, 3.8) is 0 Å². The fourth-order valence-electron chi connectivity index (χ4n) is 1.82. The summed E-state index contributed by atoms with van der Waals surface area (Å²) in [5.74, 6) is 1.32. The maximum Gasteiger partial charge on any atom is 0.147 e. The van der Waals surface area contributed by atoms with Gasteiger partial charge in [0.2, 0.25) is 0 Å². The summed E-state index contributed by atoms with van der Waals surface area (Å²) in [6, 6.07) is 14.7. The Hall–Kier alpha value is -2.44. The summed E-state index contributed by atoms with van der Waals surface area (Å²) in [5, 5.41) is 0. The number of hydrogen-bond donors (Lipinski definition) is 2. The van der Waals surface area contributed by atoms with Crippen molar-refractivity contribution in [2.75, 3.05) is 44.7 Å². The summed E-state index contributed by atoms with van der Waals surface area (Å²) in [7, 11) is 0. The quantitative estimate of drug-likeness (QED) is 0.397. The van der Waals surface area contributed by atoms with Gasteiger partial charge < -0.3 is 30.4 Å². The molecule has 0 radical (unpaired) electrons. The van der Waals surface area contributed by atoms with E-state index in [2.05, 4.69) is 0 Å². The molecule has 124 valence electrons. The van der Waals surface area contributed by atoms with Gasteiger partial charge in [0.1, 0.15) is 31.5 Å². The Balaban J connectivity index is 1.47. The lowest BCUT2D eigenvalue weighted by molar-refractivity contribution is -0.0661. The summed E-state index contributed by atoms with van der Waals surface area (Å²) in [6.07, 6.45) is 0. The van der Waals surface area contributed by atoms with Gasteiger partial charge in [-0.3, -0.25) is 0 Å². The number of nitrogen functional groups attached to an aromatic ring is 2. The number of rotatable bonds is 10. The second kappa shape index (κ2) is 9.55.